The molecule has 1 N–H and O–H groups in total. The highest BCUT2D eigenvalue weighted by atomic mass is 16.5. The molecule has 10 nitrogen and oxygen atoms in total. The molecule has 0 radical (unpaired) electrons. The Morgan fingerprint density at radius 3 is 2.85 bits per heavy atom. The number of aliphatic imine (C=N–C) groups is 1. The van der Waals surface area contributed by atoms with E-state index >= 15 is 0 Å². The molecule has 2 aromatic rings. The second-order valence-electron chi connectivity index (χ2n) is 8.95. The zero-order valence-electron chi connectivity index (χ0n) is 19.6. The molecule has 180 valence electrons. The fourth-order valence-electron chi connectivity index (χ4n) is 4.54. The molecule has 34 heavy (non-hydrogen) atoms. The number of nitrogens with one attached hydrogen (secondary N) is 1. The number of piperidine rings is 1. The summed E-state index contributed by atoms with van der Waals surface area (Å²) in [7, 11) is 1.62. The van der Waals surface area contributed by atoms with E-state index < -0.39 is 0 Å². The number of nitrogens with zero attached hydrogens (tertiary/aromatic N) is 5. The number of carbonyl (C=O) groups excluding carboxylic acids is 1. The minimum Gasteiger partial charge on any atom is -0.458 e. The van der Waals surface area contributed by atoms with Crippen LogP contribution in [0, 0.1) is 5.92 Å². The van der Waals surface area contributed by atoms with Crippen LogP contribution in [0.5, 0.6) is 6.01 Å². The Bertz CT molecular complexity index is 1070. The van der Waals surface area contributed by atoms with E-state index in [9.17, 15) is 4.79 Å². The standard InChI is InChI=1S/C24H30N6O4/c1-15(12-32-2)34-24-28-19(23(31)27-17-13-33-14-17)10-21(29-24)30-8-5-16(6-9-30)22-18-4-3-7-25-20(18)11-26-22/h3-4,7,10,15-17H,5-6,8-9,11-14H2,1-2H3,(H,27,31)/t15-/m1/s1. The number of hydrogen-bond acceptors (Lipinski definition) is 9. The van der Waals surface area contributed by atoms with E-state index in [1.807, 2.05) is 19.2 Å². The number of hydrogen-bond donors (Lipinski definition) is 1. The van der Waals surface area contributed by atoms with Crippen LogP contribution in [-0.4, -0.2) is 78.7 Å². The Hall–Kier alpha value is -3.11. The third kappa shape index (κ3) is 4.88. The number of carbonyl (C=O) groups is 1. The number of rotatable bonds is 8. The molecule has 0 bridgehead atoms. The van der Waals surface area contributed by atoms with Gasteiger partial charge in [-0.2, -0.15) is 9.97 Å². The van der Waals surface area contributed by atoms with Gasteiger partial charge < -0.3 is 24.4 Å². The van der Waals surface area contributed by atoms with Crippen molar-refractivity contribution in [3.8, 4) is 6.01 Å². The lowest BCUT2D eigenvalue weighted by molar-refractivity contribution is -0.00357. The summed E-state index contributed by atoms with van der Waals surface area (Å²) in [5, 5.41) is 2.95. The van der Waals surface area contributed by atoms with Gasteiger partial charge in [-0.05, 0) is 31.9 Å². The lowest BCUT2D eigenvalue weighted by atomic mass is 9.88. The van der Waals surface area contributed by atoms with Gasteiger partial charge in [-0.15, -0.1) is 0 Å². The molecule has 0 saturated carbocycles. The smallest absolute Gasteiger partial charge is 0.319 e. The molecule has 2 aromatic heterocycles. The number of aromatic nitrogens is 3. The van der Waals surface area contributed by atoms with Gasteiger partial charge in [-0.25, -0.2) is 0 Å². The van der Waals surface area contributed by atoms with Gasteiger partial charge in [0.25, 0.3) is 5.91 Å². The van der Waals surface area contributed by atoms with Crippen LogP contribution in [0.1, 0.15) is 41.5 Å². The molecule has 3 aliphatic rings. The Labute approximate surface area is 198 Å². The van der Waals surface area contributed by atoms with Gasteiger partial charge in [0.2, 0.25) is 0 Å². The highest BCUT2D eigenvalue weighted by molar-refractivity contribution is 6.04. The van der Waals surface area contributed by atoms with Gasteiger partial charge >= 0.3 is 6.01 Å². The highest BCUT2D eigenvalue weighted by Crippen LogP contribution is 2.30. The molecule has 3 aliphatic heterocycles. The molecule has 1 amide bonds. The van der Waals surface area contributed by atoms with Gasteiger partial charge in [0.05, 0.1) is 38.1 Å². The largest absolute Gasteiger partial charge is 0.458 e. The zero-order valence-corrected chi connectivity index (χ0v) is 19.6. The minimum atomic E-state index is -0.250. The molecule has 1 atom stereocenters. The van der Waals surface area contributed by atoms with Crippen molar-refractivity contribution in [3.05, 3.63) is 41.3 Å². The monoisotopic (exact) mass is 466 g/mol. The number of ether oxygens (including phenoxy) is 3. The summed E-state index contributed by atoms with van der Waals surface area (Å²) in [6.07, 6.45) is 3.49. The number of fused-ring (bicyclic) bond motifs is 1. The van der Waals surface area contributed by atoms with E-state index in [0.717, 1.165) is 31.6 Å². The van der Waals surface area contributed by atoms with Gasteiger partial charge in [0.15, 0.2) is 0 Å². The first-order valence-electron chi connectivity index (χ1n) is 11.8. The van der Waals surface area contributed by atoms with E-state index in [-0.39, 0.29) is 24.1 Å². The van der Waals surface area contributed by atoms with Crippen molar-refractivity contribution in [2.75, 3.05) is 44.9 Å². The maximum Gasteiger partial charge on any atom is 0.319 e. The van der Waals surface area contributed by atoms with Crippen LogP contribution in [0.15, 0.2) is 29.4 Å². The normalized spacial score (nSPS) is 19.2. The van der Waals surface area contributed by atoms with E-state index in [0.29, 0.717) is 43.8 Å². The average Bonchev–Trinajstić information content (AvgIpc) is 3.25. The maximum atomic E-state index is 12.8. The molecule has 0 unspecified atom stereocenters. The third-order valence-corrected chi connectivity index (χ3v) is 6.38. The maximum absolute atomic E-state index is 12.8. The highest BCUT2D eigenvalue weighted by Gasteiger charge is 2.30. The summed E-state index contributed by atoms with van der Waals surface area (Å²) in [4.78, 5) is 33.2. The third-order valence-electron chi connectivity index (χ3n) is 6.38. The molecule has 0 aromatic carbocycles. The first-order chi connectivity index (χ1) is 16.6. The van der Waals surface area contributed by atoms with E-state index in [1.54, 1.807) is 13.2 Å². The van der Waals surface area contributed by atoms with Crippen LogP contribution in [0.4, 0.5) is 5.82 Å². The average molecular weight is 467 g/mol. The molecule has 2 fully saturated rings. The summed E-state index contributed by atoms with van der Waals surface area (Å²) in [5.74, 6) is 0.835. The first-order valence-corrected chi connectivity index (χ1v) is 11.8. The fourth-order valence-corrected chi connectivity index (χ4v) is 4.54. The molecule has 10 heteroatoms. The van der Waals surface area contributed by atoms with E-state index in [4.69, 9.17) is 19.2 Å². The summed E-state index contributed by atoms with van der Waals surface area (Å²) < 4.78 is 16.2. The Balaban J connectivity index is 1.31. The van der Waals surface area contributed by atoms with Crippen molar-refractivity contribution in [1.29, 1.82) is 0 Å². The lowest BCUT2D eigenvalue weighted by Crippen LogP contribution is -2.48. The van der Waals surface area contributed by atoms with Crippen molar-refractivity contribution in [3.63, 3.8) is 0 Å². The minimum absolute atomic E-state index is 0.0167. The summed E-state index contributed by atoms with van der Waals surface area (Å²) in [6, 6.07) is 6.04. The Morgan fingerprint density at radius 2 is 2.12 bits per heavy atom. The van der Waals surface area contributed by atoms with Crippen molar-refractivity contribution in [1.82, 2.24) is 20.3 Å². The predicted octanol–water partition coefficient (Wildman–Crippen LogP) is 1.63. The Morgan fingerprint density at radius 1 is 1.29 bits per heavy atom. The van der Waals surface area contributed by atoms with Crippen molar-refractivity contribution < 1.29 is 19.0 Å². The van der Waals surface area contributed by atoms with Gasteiger partial charge in [0, 0.05) is 49.7 Å². The van der Waals surface area contributed by atoms with Crippen LogP contribution in [0.25, 0.3) is 0 Å². The topological polar surface area (TPSA) is 111 Å². The van der Waals surface area contributed by atoms with Crippen LogP contribution in [0.3, 0.4) is 0 Å². The lowest BCUT2D eigenvalue weighted by Gasteiger charge is -2.33. The SMILES string of the molecule is COC[C@@H](C)Oc1nc(C(=O)NC2COC2)cc(N2CCC(C3=NCc4ncccc43)CC2)n1. The number of methoxy groups -OCH3 is 1. The molecule has 0 spiro atoms. The number of amides is 1. The quantitative estimate of drug-likeness (QED) is 0.625. The van der Waals surface area contributed by atoms with Gasteiger partial charge in [-0.1, -0.05) is 0 Å². The van der Waals surface area contributed by atoms with Gasteiger partial charge in [-0.3, -0.25) is 14.8 Å². The molecule has 5 rings (SSSR count). The fraction of sp³-hybridized carbons (Fsp3) is 0.542. The zero-order chi connectivity index (χ0) is 23.5. The van der Waals surface area contributed by atoms with Crippen molar-refractivity contribution >= 4 is 17.4 Å². The van der Waals surface area contributed by atoms with E-state index in [2.05, 4.69) is 31.2 Å². The summed E-state index contributed by atoms with van der Waals surface area (Å²) >= 11 is 0. The van der Waals surface area contributed by atoms with Crippen LogP contribution >= 0.6 is 0 Å². The first kappa shape index (κ1) is 22.7. The molecular formula is C24H30N6O4. The Kier molecular flexibility index (Phi) is 6.68. The number of pyridine rings is 1. The van der Waals surface area contributed by atoms with Crippen LogP contribution in [0.2, 0.25) is 0 Å². The molecular weight excluding hydrogens is 436 g/mol. The summed E-state index contributed by atoms with van der Waals surface area (Å²) in [5.41, 5.74) is 3.71. The predicted molar refractivity (Wildman–Crippen MR) is 125 cm³/mol. The second-order valence-corrected chi connectivity index (χ2v) is 8.95. The number of anilines is 1. The molecule has 5 heterocycles. The molecule has 0 aliphatic carbocycles. The van der Waals surface area contributed by atoms with E-state index in [1.165, 1.54) is 11.3 Å². The van der Waals surface area contributed by atoms with Crippen LogP contribution in [-0.2, 0) is 16.0 Å². The van der Waals surface area contributed by atoms with Crippen LogP contribution < -0.4 is 15.0 Å². The van der Waals surface area contributed by atoms with Gasteiger partial charge in [0.1, 0.15) is 17.6 Å². The van der Waals surface area contributed by atoms with Crippen molar-refractivity contribution in [2.45, 2.75) is 38.5 Å². The molecule has 2 saturated heterocycles. The van der Waals surface area contributed by atoms with Crippen molar-refractivity contribution in [2.24, 2.45) is 10.9 Å². The summed E-state index contributed by atoms with van der Waals surface area (Å²) in [6.45, 7) is 5.61. The second kappa shape index (κ2) is 10.0.